The van der Waals surface area contributed by atoms with E-state index >= 15 is 0 Å². The Kier molecular flexibility index (Phi) is 4.28. The summed E-state index contributed by atoms with van der Waals surface area (Å²) in [6.07, 6.45) is 7.18. The maximum Gasteiger partial charge on any atom is 0.119 e. The summed E-state index contributed by atoms with van der Waals surface area (Å²) in [5.74, 6) is 0.843. The molecule has 4 rings (SSSR count). The number of benzene rings is 2. The molecule has 0 atom stereocenters. The molecule has 2 aromatic heterocycles. The molecule has 4 aromatic rings. The molecule has 27 heavy (non-hydrogen) atoms. The Morgan fingerprint density at radius 3 is 2.81 bits per heavy atom. The lowest BCUT2D eigenvalue weighted by atomic mass is 10.0. The van der Waals surface area contributed by atoms with Crippen LogP contribution in [0.2, 0.25) is 0 Å². The van der Waals surface area contributed by atoms with E-state index in [1.807, 2.05) is 24.7 Å². The molecule has 0 aliphatic rings. The molecule has 2 aromatic carbocycles. The predicted molar refractivity (Wildman–Crippen MR) is 113 cm³/mol. The Morgan fingerprint density at radius 1 is 1.22 bits per heavy atom. The number of allylic oxidation sites excluding steroid dienone is 1. The summed E-state index contributed by atoms with van der Waals surface area (Å²) in [4.78, 5) is 8.43. The summed E-state index contributed by atoms with van der Waals surface area (Å²) >= 11 is 0. The minimum absolute atomic E-state index is 0.650. The number of methoxy groups -OCH3 is 1. The topological polar surface area (TPSA) is 65.4 Å². The molecule has 0 fully saturated rings. The lowest BCUT2D eigenvalue weighted by Crippen LogP contribution is -2.05. The third-order valence-corrected chi connectivity index (χ3v) is 5.07. The van der Waals surface area contributed by atoms with Gasteiger partial charge in [-0.3, -0.25) is 9.98 Å². The van der Waals surface area contributed by atoms with Gasteiger partial charge in [-0.1, -0.05) is 0 Å². The minimum Gasteiger partial charge on any atom is -0.497 e. The van der Waals surface area contributed by atoms with Gasteiger partial charge in [-0.25, -0.2) is 0 Å². The molecule has 0 radical (unpaired) electrons. The average molecular weight is 358 g/mol. The lowest BCUT2D eigenvalue weighted by Gasteiger charge is -2.11. The fourth-order valence-corrected chi connectivity index (χ4v) is 3.83. The second-order valence-electron chi connectivity index (χ2n) is 6.59. The van der Waals surface area contributed by atoms with Crippen molar-refractivity contribution in [3.8, 4) is 5.75 Å². The number of fused-ring (bicyclic) bond motifs is 4. The summed E-state index contributed by atoms with van der Waals surface area (Å²) < 4.78 is 7.77. The zero-order valence-corrected chi connectivity index (χ0v) is 15.7. The quantitative estimate of drug-likeness (QED) is 0.556. The molecule has 136 valence electrons. The Bertz CT molecular complexity index is 1220. The molecular formula is C22H22N4O. The number of rotatable bonds is 4. The molecule has 0 spiro atoms. The smallest absolute Gasteiger partial charge is 0.119 e. The van der Waals surface area contributed by atoms with Gasteiger partial charge in [0.1, 0.15) is 5.75 Å². The van der Waals surface area contributed by atoms with Gasteiger partial charge in [0.05, 0.1) is 19.2 Å². The molecule has 5 nitrogen and oxygen atoms in total. The first-order valence-electron chi connectivity index (χ1n) is 8.84. The van der Waals surface area contributed by atoms with Crippen LogP contribution in [0.1, 0.15) is 5.56 Å². The van der Waals surface area contributed by atoms with Crippen LogP contribution in [-0.2, 0) is 6.54 Å². The molecule has 0 unspecified atom stereocenters. The first-order chi connectivity index (χ1) is 13.2. The van der Waals surface area contributed by atoms with Crippen molar-refractivity contribution in [3.05, 3.63) is 60.1 Å². The largest absolute Gasteiger partial charge is 0.497 e. The van der Waals surface area contributed by atoms with Crippen molar-refractivity contribution in [3.63, 3.8) is 0 Å². The Labute approximate surface area is 157 Å². The van der Waals surface area contributed by atoms with Crippen molar-refractivity contribution in [2.75, 3.05) is 14.2 Å². The first kappa shape index (κ1) is 17.1. The number of nitrogens with zero attached hydrogens (tertiary/aromatic N) is 3. The van der Waals surface area contributed by atoms with Crippen molar-refractivity contribution >= 4 is 38.8 Å². The van der Waals surface area contributed by atoms with E-state index in [0.717, 1.165) is 27.6 Å². The molecule has 0 aliphatic carbocycles. The number of aliphatic imine (C=N–C) groups is 1. The molecule has 0 amide bonds. The van der Waals surface area contributed by atoms with E-state index in [1.165, 1.54) is 21.9 Å². The normalized spacial score (nSPS) is 12.6. The fourth-order valence-electron chi connectivity index (χ4n) is 3.83. The van der Waals surface area contributed by atoms with E-state index in [0.29, 0.717) is 6.54 Å². The van der Waals surface area contributed by atoms with Crippen LogP contribution in [0.15, 0.2) is 59.5 Å². The van der Waals surface area contributed by atoms with E-state index in [2.05, 4.69) is 45.7 Å². The van der Waals surface area contributed by atoms with E-state index in [1.54, 1.807) is 20.4 Å². The molecule has 2 N–H and O–H groups in total. The van der Waals surface area contributed by atoms with Crippen LogP contribution in [0.4, 0.5) is 0 Å². The van der Waals surface area contributed by atoms with Crippen LogP contribution in [0, 0.1) is 6.92 Å². The Morgan fingerprint density at radius 2 is 2.07 bits per heavy atom. The summed E-state index contributed by atoms with van der Waals surface area (Å²) in [5, 5.41) is 4.68. The standard InChI is InChI=1S/C22H22N4O/c1-14-18-6-7-25-12-16(18)8-20-19-9-17(27-3)4-5-21(19)26(22(14)20)13-15(10-23)11-24-2/h4-12H,13,23H2,1-3H3/b15-10+,24-11?. The number of ether oxygens (including phenoxy) is 1. The molecule has 0 saturated carbocycles. The molecule has 0 aliphatic heterocycles. The minimum atomic E-state index is 0.650. The zero-order chi connectivity index (χ0) is 19.0. The maximum absolute atomic E-state index is 5.84. The third kappa shape index (κ3) is 2.72. The van der Waals surface area contributed by atoms with Gasteiger partial charge >= 0.3 is 0 Å². The monoisotopic (exact) mass is 358 g/mol. The number of aromatic nitrogens is 2. The van der Waals surface area contributed by atoms with E-state index < -0.39 is 0 Å². The van der Waals surface area contributed by atoms with Gasteiger partial charge in [0, 0.05) is 59.1 Å². The molecule has 2 heterocycles. The van der Waals surface area contributed by atoms with Crippen LogP contribution < -0.4 is 10.5 Å². The Hall–Kier alpha value is -3.34. The average Bonchev–Trinajstić information content (AvgIpc) is 3.00. The van der Waals surface area contributed by atoms with E-state index in [-0.39, 0.29) is 0 Å². The summed E-state index contributed by atoms with van der Waals surface area (Å²) in [5.41, 5.74) is 10.4. The van der Waals surface area contributed by atoms with Crippen molar-refractivity contribution in [2.45, 2.75) is 13.5 Å². The highest BCUT2D eigenvalue weighted by molar-refractivity contribution is 6.14. The molecule has 5 heteroatoms. The number of hydrogen-bond donors (Lipinski definition) is 1. The van der Waals surface area contributed by atoms with Crippen LogP contribution >= 0.6 is 0 Å². The number of hydrogen-bond acceptors (Lipinski definition) is 4. The van der Waals surface area contributed by atoms with Crippen molar-refractivity contribution in [2.24, 2.45) is 10.7 Å². The number of aryl methyl sites for hydroxylation is 1. The Balaban J connectivity index is 2.14. The first-order valence-corrected chi connectivity index (χ1v) is 8.84. The van der Waals surface area contributed by atoms with Crippen molar-refractivity contribution in [1.29, 1.82) is 0 Å². The van der Waals surface area contributed by atoms with Gasteiger partial charge in [-0.2, -0.15) is 0 Å². The molecule has 0 bridgehead atoms. The third-order valence-electron chi connectivity index (χ3n) is 5.07. The van der Waals surface area contributed by atoms with Gasteiger partial charge in [0.15, 0.2) is 0 Å². The summed E-state index contributed by atoms with van der Waals surface area (Å²) in [6, 6.07) is 10.5. The second-order valence-corrected chi connectivity index (χ2v) is 6.59. The summed E-state index contributed by atoms with van der Waals surface area (Å²) in [6.45, 7) is 2.81. The molecule has 0 saturated heterocycles. The van der Waals surface area contributed by atoms with Crippen molar-refractivity contribution in [1.82, 2.24) is 9.55 Å². The lowest BCUT2D eigenvalue weighted by molar-refractivity contribution is 0.415. The van der Waals surface area contributed by atoms with Gasteiger partial charge in [0.25, 0.3) is 0 Å². The van der Waals surface area contributed by atoms with Gasteiger partial charge in [0.2, 0.25) is 0 Å². The van der Waals surface area contributed by atoms with Gasteiger partial charge in [-0.05, 0) is 48.2 Å². The number of nitrogens with two attached hydrogens (primary N) is 1. The van der Waals surface area contributed by atoms with Crippen LogP contribution in [0.5, 0.6) is 5.75 Å². The SMILES string of the molecule is CN=C/C(=C\N)Cn1c2ccc(OC)cc2c2cc3cnccc3c(C)c21. The van der Waals surface area contributed by atoms with E-state index in [9.17, 15) is 0 Å². The van der Waals surface area contributed by atoms with Crippen LogP contribution in [-0.4, -0.2) is 29.9 Å². The highest BCUT2D eigenvalue weighted by atomic mass is 16.5. The van der Waals surface area contributed by atoms with Crippen molar-refractivity contribution < 1.29 is 4.74 Å². The number of pyridine rings is 1. The van der Waals surface area contributed by atoms with E-state index in [4.69, 9.17) is 10.5 Å². The zero-order valence-electron chi connectivity index (χ0n) is 15.7. The fraction of sp³-hybridized carbons (Fsp3) is 0.182. The van der Waals surface area contributed by atoms with Crippen LogP contribution in [0.3, 0.4) is 0 Å². The van der Waals surface area contributed by atoms with Gasteiger partial charge < -0.3 is 15.0 Å². The highest BCUT2D eigenvalue weighted by Gasteiger charge is 2.16. The highest BCUT2D eigenvalue weighted by Crippen LogP contribution is 2.37. The van der Waals surface area contributed by atoms with Crippen LogP contribution in [0.25, 0.3) is 32.6 Å². The molecular weight excluding hydrogens is 336 g/mol. The maximum atomic E-state index is 5.84. The summed E-state index contributed by atoms with van der Waals surface area (Å²) in [7, 11) is 3.45. The predicted octanol–water partition coefficient (Wildman–Crippen LogP) is 4.20. The van der Waals surface area contributed by atoms with Gasteiger partial charge in [-0.15, -0.1) is 0 Å². The second kappa shape index (κ2) is 6.76.